The molecule has 3 fully saturated rings. The Balaban J connectivity index is 1.23. The second-order valence-electron chi connectivity index (χ2n) is 12.9. The summed E-state index contributed by atoms with van der Waals surface area (Å²) in [6.45, 7) is 11.2. The zero-order valence-electron chi connectivity index (χ0n) is 24.6. The number of nitrogens with zero attached hydrogens (tertiary/aromatic N) is 5. The summed E-state index contributed by atoms with van der Waals surface area (Å²) in [5, 5.41) is 22.0. The number of rotatable bonds is 7. The molecule has 3 aliphatic rings. The largest absolute Gasteiger partial charge is 0.391 e. The SMILES string of the molecule is CC1CN(C(=O)c2ccc(CNC(=O)[C@@H]3C[C@@H](O)CN3C(=O)[C@@H](n3cc(C4CC4)nn3)C(C)(C)C)cc2)CC(C)O1. The van der Waals surface area contributed by atoms with Crippen molar-refractivity contribution in [2.45, 2.75) is 96.7 Å². The maximum Gasteiger partial charge on any atom is 0.254 e. The number of carbonyl (C=O) groups is 3. The van der Waals surface area contributed by atoms with E-state index in [9.17, 15) is 19.5 Å². The predicted molar refractivity (Wildman–Crippen MR) is 151 cm³/mol. The zero-order chi connectivity index (χ0) is 29.5. The molecule has 1 aliphatic carbocycles. The van der Waals surface area contributed by atoms with Crippen LogP contribution in [0.15, 0.2) is 30.5 Å². The second-order valence-corrected chi connectivity index (χ2v) is 12.9. The van der Waals surface area contributed by atoms with Gasteiger partial charge in [-0.1, -0.05) is 38.1 Å². The number of nitrogens with one attached hydrogen (secondary N) is 1. The molecule has 2 unspecified atom stereocenters. The van der Waals surface area contributed by atoms with Crippen molar-refractivity contribution in [3.63, 3.8) is 0 Å². The summed E-state index contributed by atoms with van der Waals surface area (Å²) in [5.74, 6) is -0.209. The van der Waals surface area contributed by atoms with Crippen LogP contribution in [-0.2, 0) is 20.9 Å². The Labute approximate surface area is 241 Å². The third kappa shape index (κ3) is 6.62. The van der Waals surface area contributed by atoms with Crippen LogP contribution in [0.4, 0.5) is 0 Å². The minimum absolute atomic E-state index is 0.00663. The highest BCUT2D eigenvalue weighted by Crippen LogP contribution is 2.40. The van der Waals surface area contributed by atoms with Gasteiger partial charge in [0.2, 0.25) is 11.8 Å². The van der Waals surface area contributed by atoms with E-state index in [-0.39, 0.29) is 49.4 Å². The first-order valence-electron chi connectivity index (χ1n) is 14.6. The number of aromatic nitrogens is 3. The van der Waals surface area contributed by atoms with Crippen LogP contribution in [0.1, 0.15) is 87.5 Å². The van der Waals surface area contributed by atoms with Gasteiger partial charge in [-0.15, -0.1) is 5.10 Å². The number of β-amino-alcohol motifs (C(OH)–C–C–N with tert-alkyl or cyclic N) is 1. The summed E-state index contributed by atoms with van der Waals surface area (Å²) >= 11 is 0. The summed E-state index contributed by atoms with van der Waals surface area (Å²) in [5.41, 5.74) is 1.82. The van der Waals surface area contributed by atoms with Crippen LogP contribution in [0, 0.1) is 5.41 Å². The van der Waals surface area contributed by atoms with Gasteiger partial charge in [-0.2, -0.15) is 0 Å². The van der Waals surface area contributed by atoms with E-state index < -0.39 is 23.6 Å². The lowest BCUT2D eigenvalue weighted by molar-refractivity contribution is -0.144. The molecule has 222 valence electrons. The lowest BCUT2D eigenvalue weighted by Crippen LogP contribution is -2.50. The average molecular weight is 567 g/mol. The monoisotopic (exact) mass is 566 g/mol. The molecule has 41 heavy (non-hydrogen) atoms. The Hall–Kier alpha value is -3.31. The van der Waals surface area contributed by atoms with Crippen molar-refractivity contribution in [3.05, 3.63) is 47.3 Å². The molecule has 0 radical (unpaired) electrons. The smallest absolute Gasteiger partial charge is 0.254 e. The molecule has 11 nitrogen and oxygen atoms in total. The fraction of sp³-hybridized carbons (Fsp3) is 0.633. The van der Waals surface area contributed by atoms with Gasteiger partial charge in [0.1, 0.15) is 12.1 Å². The molecule has 2 saturated heterocycles. The summed E-state index contributed by atoms with van der Waals surface area (Å²) in [7, 11) is 0. The number of hydrogen-bond donors (Lipinski definition) is 2. The van der Waals surface area contributed by atoms with E-state index in [1.165, 1.54) is 4.90 Å². The molecule has 3 amide bonds. The van der Waals surface area contributed by atoms with Crippen LogP contribution in [0.3, 0.4) is 0 Å². The molecule has 2 aromatic rings. The number of aliphatic hydroxyl groups is 1. The Morgan fingerprint density at radius 3 is 2.34 bits per heavy atom. The van der Waals surface area contributed by atoms with Crippen molar-refractivity contribution in [2.75, 3.05) is 19.6 Å². The third-order valence-corrected chi connectivity index (χ3v) is 8.08. The van der Waals surface area contributed by atoms with Gasteiger partial charge in [0, 0.05) is 50.3 Å². The number of benzene rings is 1. The van der Waals surface area contributed by atoms with Gasteiger partial charge in [-0.3, -0.25) is 14.4 Å². The molecule has 2 aliphatic heterocycles. The van der Waals surface area contributed by atoms with Crippen molar-refractivity contribution in [3.8, 4) is 0 Å². The zero-order valence-corrected chi connectivity index (χ0v) is 24.6. The van der Waals surface area contributed by atoms with Crippen molar-refractivity contribution in [1.29, 1.82) is 0 Å². The molecule has 1 aromatic carbocycles. The molecule has 11 heteroatoms. The number of hydrogen-bond acceptors (Lipinski definition) is 7. The molecular formula is C30H42N6O5. The summed E-state index contributed by atoms with van der Waals surface area (Å²) in [4.78, 5) is 43.5. The number of ether oxygens (including phenoxy) is 1. The second kappa shape index (κ2) is 11.5. The molecule has 3 heterocycles. The predicted octanol–water partition coefficient (Wildman–Crippen LogP) is 2.27. The molecule has 5 rings (SSSR count). The van der Waals surface area contributed by atoms with Crippen LogP contribution in [0.2, 0.25) is 0 Å². The fourth-order valence-corrected chi connectivity index (χ4v) is 5.92. The fourth-order valence-electron chi connectivity index (χ4n) is 5.92. The van der Waals surface area contributed by atoms with Gasteiger partial charge in [0.05, 0.1) is 24.0 Å². The van der Waals surface area contributed by atoms with Crippen molar-refractivity contribution in [1.82, 2.24) is 30.1 Å². The topological polar surface area (TPSA) is 130 Å². The molecule has 1 aromatic heterocycles. The van der Waals surface area contributed by atoms with E-state index in [2.05, 4.69) is 15.6 Å². The van der Waals surface area contributed by atoms with Crippen LogP contribution >= 0.6 is 0 Å². The first-order valence-corrected chi connectivity index (χ1v) is 14.6. The first kappa shape index (κ1) is 29.2. The number of amides is 3. The Kier molecular flexibility index (Phi) is 8.20. The van der Waals surface area contributed by atoms with Crippen LogP contribution in [-0.4, -0.2) is 91.6 Å². The summed E-state index contributed by atoms with van der Waals surface area (Å²) < 4.78 is 7.35. The Morgan fingerprint density at radius 1 is 1.07 bits per heavy atom. The lowest BCUT2D eigenvalue weighted by atomic mass is 9.85. The molecule has 0 spiro atoms. The van der Waals surface area contributed by atoms with Gasteiger partial charge in [-0.05, 0) is 49.8 Å². The Morgan fingerprint density at radius 2 is 1.73 bits per heavy atom. The minimum Gasteiger partial charge on any atom is -0.391 e. The first-order chi connectivity index (χ1) is 19.4. The van der Waals surface area contributed by atoms with Crippen LogP contribution in [0.25, 0.3) is 0 Å². The lowest BCUT2D eigenvalue weighted by Gasteiger charge is -2.35. The average Bonchev–Trinajstić information content (AvgIpc) is 3.52. The van der Waals surface area contributed by atoms with Gasteiger partial charge in [-0.25, -0.2) is 4.68 Å². The standard InChI is InChI=1S/C30H42N6O5/c1-18-14-34(15-19(2)41-18)28(39)22-8-6-20(7-9-22)13-31-27(38)25-12-23(37)16-35(25)29(40)26(30(3,4)5)36-17-24(32-33-36)21-10-11-21/h6-9,17-19,21,23,25-26,37H,10-16H2,1-5H3,(H,31,38)/t18?,19?,23-,25+,26-/m1/s1. The molecular weight excluding hydrogens is 524 g/mol. The van der Waals surface area contributed by atoms with Crippen LogP contribution in [0.5, 0.6) is 0 Å². The minimum atomic E-state index is -0.792. The number of aliphatic hydroxyl groups excluding tert-OH is 1. The number of morpholine rings is 1. The van der Waals surface area contributed by atoms with E-state index in [1.807, 2.05) is 57.8 Å². The van der Waals surface area contributed by atoms with E-state index in [4.69, 9.17) is 4.74 Å². The maximum atomic E-state index is 13.9. The summed E-state index contributed by atoms with van der Waals surface area (Å²) in [6.07, 6.45) is 3.38. The van der Waals surface area contributed by atoms with Gasteiger partial charge < -0.3 is 25.0 Å². The maximum absolute atomic E-state index is 13.9. The van der Waals surface area contributed by atoms with Crippen molar-refractivity contribution < 1.29 is 24.2 Å². The highest BCUT2D eigenvalue weighted by atomic mass is 16.5. The highest BCUT2D eigenvalue weighted by molar-refractivity contribution is 5.94. The molecule has 1 saturated carbocycles. The normalized spacial score (nSPS) is 25.7. The van der Waals surface area contributed by atoms with E-state index in [1.54, 1.807) is 16.8 Å². The van der Waals surface area contributed by atoms with Crippen LogP contribution < -0.4 is 5.32 Å². The van der Waals surface area contributed by atoms with E-state index in [0.29, 0.717) is 24.6 Å². The molecule has 5 atom stereocenters. The quantitative estimate of drug-likeness (QED) is 0.526. The van der Waals surface area contributed by atoms with Crippen molar-refractivity contribution in [2.24, 2.45) is 5.41 Å². The highest BCUT2D eigenvalue weighted by Gasteiger charge is 2.45. The van der Waals surface area contributed by atoms with E-state index >= 15 is 0 Å². The summed E-state index contributed by atoms with van der Waals surface area (Å²) in [6, 6.07) is 5.73. The van der Waals surface area contributed by atoms with Crippen molar-refractivity contribution >= 4 is 17.7 Å². The number of carbonyl (C=O) groups excluding carboxylic acids is 3. The van der Waals surface area contributed by atoms with Gasteiger partial charge in [0.15, 0.2) is 0 Å². The third-order valence-electron chi connectivity index (χ3n) is 8.08. The van der Waals surface area contributed by atoms with E-state index in [0.717, 1.165) is 24.1 Å². The Bertz CT molecular complexity index is 1260. The number of likely N-dealkylation sites (tertiary alicyclic amines) is 1. The molecule has 2 N–H and O–H groups in total. The molecule has 0 bridgehead atoms. The van der Waals surface area contributed by atoms with Gasteiger partial charge in [0.25, 0.3) is 5.91 Å². The van der Waals surface area contributed by atoms with Gasteiger partial charge >= 0.3 is 0 Å².